The summed E-state index contributed by atoms with van der Waals surface area (Å²) < 4.78 is 31.3. The van der Waals surface area contributed by atoms with Crippen LogP contribution in [0.15, 0.2) is 42.5 Å². The number of hydrazine groups is 1. The van der Waals surface area contributed by atoms with Gasteiger partial charge in [-0.3, -0.25) is 20.4 Å². The lowest BCUT2D eigenvalue weighted by Crippen LogP contribution is -2.44. The van der Waals surface area contributed by atoms with E-state index in [1.807, 2.05) is 10.9 Å². The summed E-state index contributed by atoms with van der Waals surface area (Å²) in [5.74, 6) is -3.14. The van der Waals surface area contributed by atoms with Gasteiger partial charge >= 0.3 is 0 Å². The molecule has 5 nitrogen and oxygen atoms in total. The lowest BCUT2D eigenvalue weighted by Gasteiger charge is -2.10. The number of halogens is 3. The lowest BCUT2D eigenvalue weighted by atomic mass is 10.2. The molecule has 2 aromatic rings. The zero-order chi connectivity index (χ0) is 16.8. The molecular weight excluding hydrogens is 330 g/mol. The number of para-hydroxylation sites is 1. The molecule has 0 saturated heterocycles. The Morgan fingerprint density at radius 3 is 2.52 bits per heavy atom. The maximum Gasteiger partial charge on any atom is 0.276 e. The zero-order valence-electron chi connectivity index (χ0n) is 11.6. The smallest absolute Gasteiger partial charge is 0.276 e. The van der Waals surface area contributed by atoms with Crippen molar-refractivity contribution in [1.82, 2.24) is 10.9 Å². The molecule has 2 amide bonds. The summed E-state index contributed by atoms with van der Waals surface area (Å²) in [4.78, 5) is 23.2. The van der Waals surface area contributed by atoms with Crippen LogP contribution in [0.1, 0.15) is 10.4 Å². The minimum absolute atomic E-state index is 0.306. The molecule has 0 fully saturated rings. The van der Waals surface area contributed by atoms with E-state index in [-0.39, 0.29) is 0 Å². The van der Waals surface area contributed by atoms with Crippen molar-refractivity contribution in [3.63, 3.8) is 0 Å². The van der Waals surface area contributed by atoms with Gasteiger partial charge in [0.1, 0.15) is 17.4 Å². The molecular formula is C15H11ClF2N2O3. The maximum atomic E-state index is 13.4. The van der Waals surface area contributed by atoms with Crippen molar-refractivity contribution in [2.75, 3.05) is 6.61 Å². The molecule has 0 aliphatic rings. The third kappa shape index (κ3) is 4.65. The number of rotatable bonds is 4. The molecule has 0 bridgehead atoms. The Morgan fingerprint density at radius 1 is 1.09 bits per heavy atom. The van der Waals surface area contributed by atoms with Gasteiger partial charge in [0.15, 0.2) is 6.61 Å². The highest BCUT2D eigenvalue weighted by Gasteiger charge is 2.13. The summed E-state index contributed by atoms with van der Waals surface area (Å²) in [6, 6.07) is 9.00. The van der Waals surface area contributed by atoms with E-state index in [2.05, 4.69) is 0 Å². The molecule has 8 heteroatoms. The van der Waals surface area contributed by atoms with Crippen molar-refractivity contribution < 1.29 is 23.1 Å². The number of nitrogens with one attached hydrogen (secondary N) is 2. The van der Waals surface area contributed by atoms with Gasteiger partial charge in [0.05, 0.1) is 10.6 Å². The largest absolute Gasteiger partial charge is 0.482 e. The van der Waals surface area contributed by atoms with Crippen LogP contribution in [0.25, 0.3) is 0 Å². The molecule has 0 saturated carbocycles. The van der Waals surface area contributed by atoms with Crippen LogP contribution in [0, 0.1) is 11.6 Å². The van der Waals surface area contributed by atoms with Crippen LogP contribution < -0.4 is 15.6 Å². The number of carbonyl (C=O) groups is 2. The first-order valence-electron chi connectivity index (χ1n) is 6.39. The van der Waals surface area contributed by atoms with E-state index in [0.717, 1.165) is 12.1 Å². The Hall–Kier alpha value is -2.67. The maximum absolute atomic E-state index is 13.4. The van der Waals surface area contributed by atoms with Gasteiger partial charge in [-0.25, -0.2) is 8.78 Å². The van der Waals surface area contributed by atoms with Crippen molar-refractivity contribution in [3.05, 3.63) is 64.7 Å². The molecule has 0 radical (unpaired) electrons. The zero-order valence-corrected chi connectivity index (χ0v) is 12.4. The van der Waals surface area contributed by atoms with Crippen molar-refractivity contribution in [2.24, 2.45) is 0 Å². The van der Waals surface area contributed by atoms with E-state index < -0.39 is 35.6 Å². The van der Waals surface area contributed by atoms with Crippen molar-refractivity contribution in [2.45, 2.75) is 0 Å². The summed E-state index contributed by atoms with van der Waals surface area (Å²) in [6.07, 6.45) is 0. The van der Waals surface area contributed by atoms with Crippen molar-refractivity contribution in [3.8, 4) is 5.75 Å². The number of carbonyl (C=O) groups excluding carboxylic acids is 2. The predicted molar refractivity (Wildman–Crippen MR) is 78.9 cm³/mol. The molecule has 120 valence electrons. The first kappa shape index (κ1) is 16.7. The van der Waals surface area contributed by atoms with Gasteiger partial charge in [-0.1, -0.05) is 23.7 Å². The Kier molecular flexibility index (Phi) is 5.48. The van der Waals surface area contributed by atoms with Gasteiger partial charge in [-0.2, -0.15) is 0 Å². The fourth-order valence-electron chi connectivity index (χ4n) is 1.61. The average molecular weight is 341 g/mol. The first-order valence-corrected chi connectivity index (χ1v) is 6.76. The molecule has 2 N–H and O–H groups in total. The van der Waals surface area contributed by atoms with E-state index in [4.69, 9.17) is 16.3 Å². The van der Waals surface area contributed by atoms with E-state index in [1.54, 1.807) is 24.3 Å². The van der Waals surface area contributed by atoms with Gasteiger partial charge in [0.2, 0.25) is 0 Å². The van der Waals surface area contributed by atoms with Crippen LogP contribution in [0.3, 0.4) is 0 Å². The Morgan fingerprint density at radius 2 is 1.83 bits per heavy atom. The second-order valence-electron chi connectivity index (χ2n) is 4.35. The summed E-state index contributed by atoms with van der Waals surface area (Å²) in [6.45, 7) is -0.407. The molecule has 0 aliphatic carbocycles. The second-order valence-corrected chi connectivity index (χ2v) is 4.75. The Balaban J connectivity index is 1.84. The average Bonchev–Trinajstić information content (AvgIpc) is 2.52. The topological polar surface area (TPSA) is 67.4 Å². The van der Waals surface area contributed by atoms with E-state index in [9.17, 15) is 18.4 Å². The van der Waals surface area contributed by atoms with Crippen LogP contribution in [0.5, 0.6) is 5.75 Å². The molecule has 2 aromatic carbocycles. The van der Waals surface area contributed by atoms with Crippen molar-refractivity contribution in [1.29, 1.82) is 0 Å². The SMILES string of the molecule is O=C(COc1ccccc1Cl)NNC(=O)c1ccc(F)cc1F. The number of hydrogen-bond donors (Lipinski definition) is 2. The number of hydrogen-bond acceptors (Lipinski definition) is 3. The van der Waals surface area contributed by atoms with Gasteiger partial charge in [-0.05, 0) is 24.3 Å². The molecule has 0 aromatic heterocycles. The number of amides is 2. The van der Waals surface area contributed by atoms with Crippen LogP contribution in [0.2, 0.25) is 5.02 Å². The lowest BCUT2D eigenvalue weighted by molar-refractivity contribution is -0.123. The minimum atomic E-state index is -1.04. The first-order chi connectivity index (χ1) is 11.0. The monoisotopic (exact) mass is 340 g/mol. The molecule has 0 heterocycles. The van der Waals surface area contributed by atoms with Crippen LogP contribution in [0.4, 0.5) is 8.78 Å². The van der Waals surface area contributed by atoms with E-state index in [0.29, 0.717) is 16.8 Å². The summed E-state index contributed by atoms with van der Waals surface area (Å²) in [5.41, 5.74) is 3.64. The Labute approximate surface area is 135 Å². The van der Waals surface area contributed by atoms with Gasteiger partial charge in [-0.15, -0.1) is 0 Å². The van der Waals surface area contributed by atoms with Gasteiger partial charge in [0.25, 0.3) is 11.8 Å². The number of ether oxygens (including phenoxy) is 1. The van der Waals surface area contributed by atoms with Crippen LogP contribution in [-0.4, -0.2) is 18.4 Å². The molecule has 0 spiro atoms. The highest BCUT2D eigenvalue weighted by atomic mass is 35.5. The summed E-state index contributed by atoms with van der Waals surface area (Å²) in [5, 5.41) is 0.331. The van der Waals surface area contributed by atoms with E-state index in [1.165, 1.54) is 0 Å². The fraction of sp³-hybridized carbons (Fsp3) is 0.0667. The minimum Gasteiger partial charge on any atom is -0.482 e. The van der Waals surface area contributed by atoms with Crippen LogP contribution in [-0.2, 0) is 4.79 Å². The van der Waals surface area contributed by atoms with Crippen molar-refractivity contribution >= 4 is 23.4 Å². The Bertz CT molecular complexity index is 740. The van der Waals surface area contributed by atoms with E-state index >= 15 is 0 Å². The normalized spacial score (nSPS) is 10.0. The predicted octanol–water partition coefficient (Wildman–Crippen LogP) is 2.46. The molecule has 0 atom stereocenters. The standard InChI is InChI=1S/C15H11ClF2N2O3/c16-11-3-1-2-4-13(11)23-8-14(21)19-20-15(22)10-6-5-9(17)7-12(10)18/h1-7H,8H2,(H,19,21)(H,20,22). The quantitative estimate of drug-likeness (QED) is 0.840. The van der Waals surface area contributed by atoms with Gasteiger partial charge < -0.3 is 4.74 Å². The third-order valence-corrected chi connectivity index (χ3v) is 3.00. The highest BCUT2D eigenvalue weighted by molar-refractivity contribution is 6.32. The van der Waals surface area contributed by atoms with Crippen LogP contribution >= 0.6 is 11.6 Å². The highest BCUT2D eigenvalue weighted by Crippen LogP contribution is 2.22. The molecule has 23 heavy (non-hydrogen) atoms. The molecule has 0 unspecified atom stereocenters. The van der Waals surface area contributed by atoms with Gasteiger partial charge in [0, 0.05) is 6.07 Å². The summed E-state index contributed by atoms with van der Waals surface area (Å²) >= 11 is 5.85. The fourth-order valence-corrected chi connectivity index (χ4v) is 1.80. The molecule has 0 aliphatic heterocycles. The third-order valence-electron chi connectivity index (χ3n) is 2.69. The summed E-state index contributed by atoms with van der Waals surface area (Å²) in [7, 11) is 0. The second kappa shape index (κ2) is 7.55. The molecule has 2 rings (SSSR count). The number of benzene rings is 2.